The minimum Gasteiger partial charge on any atom is -0.368 e. The number of rotatable bonds is 4. The van der Waals surface area contributed by atoms with Gasteiger partial charge in [-0.05, 0) is 27.9 Å². The van der Waals surface area contributed by atoms with Crippen molar-refractivity contribution in [2.75, 3.05) is 51.0 Å². The first kappa shape index (κ1) is 15.0. The highest BCUT2D eigenvalue weighted by Crippen LogP contribution is 2.19. The van der Waals surface area contributed by atoms with Crippen LogP contribution in [0.15, 0.2) is 0 Å². The molecule has 0 aliphatic carbocycles. The van der Waals surface area contributed by atoms with Crippen molar-refractivity contribution in [3.8, 4) is 0 Å². The van der Waals surface area contributed by atoms with Gasteiger partial charge in [-0.25, -0.2) is 15.8 Å². The largest absolute Gasteiger partial charge is 0.368 e. The number of nitrogens with zero attached hydrogens (tertiary/aromatic N) is 4. The monoisotopic (exact) mass is 279 g/mol. The first-order chi connectivity index (χ1) is 9.51. The molecule has 112 valence electrons. The Morgan fingerprint density at radius 1 is 1.20 bits per heavy atom. The summed E-state index contributed by atoms with van der Waals surface area (Å²) in [5.41, 5.74) is 3.57. The summed E-state index contributed by atoms with van der Waals surface area (Å²) < 4.78 is 0. The maximum atomic E-state index is 5.48. The van der Waals surface area contributed by atoms with Crippen molar-refractivity contribution < 1.29 is 0 Å². The van der Waals surface area contributed by atoms with Gasteiger partial charge >= 0.3 is 0 Å². The predicted molar refractivity (Wildman–Crippen MR) is 81.7 cm³/mol. The Bertz CT molecular complexity index is 462. The highest BCUT2D eigenvalue weighted by molar-refractivity contribution is 5.56. The van der Waals surface area contributed by atoms with Crippen LogP contribution < -0.4 is 16.6 Å². The van der Waals surface area contributed by atoms with E-state index in [4.69, 9.17) is 5.84 Å². The van der Waals surface area contributed by atoms with E-state index < -0.39 is 0 Å². The summed E-state index contributed by atoms with van der Waals surface area (Å²) in [5, 5.41) is 3.43. The summed E-state index contributed by atoms with van der Waals surface area (Å²) in [6.45, 7) is 7.98. The third kappa shape index (κ3) is 3.36. The molecule has 7 heteroatoms. The van der Waals surface area contributed by atoms with E-state index in [1.165, 1.54) is 0 Å². The Kier molecular flexibility index (Phi) is 4.74. The lowest BCUT2D eigenvalue weighted by molar-refractivity contribution is 0.122. The zero-order chi connectivity index (χ0) is 14.7. The molecule has 2 heterocycles. The summed E-state index contributed by atoms with van der Waals surface area (Å²) in [5.74, 6) is 7.72. The molecule has 20 heavy (non-hydrogen) atoms. The fraction of sp³-hybridized carbons (Fsp3) is 0.692. The minimum atomic E-state index is 0.484. The van der Waals surface area contributed by atoms with Crippen LogP contribution in [0.5, 0.6) is 0 Å². The number of hydrazine groups is 1. The zero-order valence-electron chi connectivity index (χ0n) is 12.8. The van der Waals surface area contributed by atoms with Crippen LogP contribution in [-0.2, 0) is 0 Å². The summed E-state index contributed by atoms with van der Waals surface area (Å²) in [6, 6.07) is 0.484. The quantitative estimate of drug-likeness (QED) is 0.530. The predicted octanol–water partition coefficient (Wildman–Crippen LogP) is 0.0367. The van der Waals surface area contributed by atoms with Crippen LogP contribution in [0.4, 0.5) is 11.6 Å². The zero-order valence-corrected chi connectivity index (χ0v) is 12.8. The van der Waals surface area contributed by atoms with E-state index in [1.54, 1.807) is 0 Å². The average Bonchev–Trinajstić information content (AvgIpc) is 2.42. The molecule has 1 aromatic rings. The standard InChI is InChI=1S/C13H25N7/c1-9-12(16-10(2)17-13(9)18-14)15-7-11-8-19(3)5-6-20(11)4/h11H,5-8,14H2,1-4H3,(H2,15,16,17,18). The number of nitrogens with one attached hydrogen (secondary N) is 2. The highest BCUT2D eigenvalue weighted by atomic mass is 15.3. The second-order valence-electron chi connectivity index (χ2n) is 5.51. The number of hydrogen-bond acceptors (Lipinski definition) is 7. The lowest BCUT2D eigenvalue weighted by atomic mass is 10.2. The third-order valence-corrected chi connectivity index (χ3v) is 3.88. The van der Waals surface area contributed by atoms with Gasteiger partial charge in [-0.2, -0.15) is 0 Å². The molecule has 0 radical (unpaired) electrons. The van der Waals surface area contributed by atoms with Gasteiger partial charge < -0.3 is 15.6 Å². The molecular formula is C13H25N7. The van der Waals surface area contributed by atoms with Gasteiger partial charge in [0.05, 0.1) is 0 Å². The molecule has 1 aliphatic heterocycles. The van der Waals surface area contributed by atoms with E-state index in [9.17, 15) is 0 Å². The Morgan fingerprint density at radius 2 is 1.90 bits per heavy atom. The molecule has 0 bridgehead atoms. The number of nitrogen functional groups attached to an aromatic ring is 1. The lowest BCUT2D eigenvalue weighted by Gasteiger charge is -2.37. The van der Waals surface area contributed by atoms with Crippen LogP contribution in [0.2, 0.25) is 0 Å². The molecule has 2 rings (SSSR count). The van der Waals surface area contributed by atoms with Gasteiger partial charge in [-0.3, -0.25) is 4.90 Å². The molecule has 0 spiro atoms. The molecule has 0 saturated carbocycles. The Morgan fingerprint density at radius 3 is 2.60 bits per heavy atom. The van der Waals surface area contributed by atoms with Crippen LogP contribution >= 0.6 is 0 Å². The van der Waals surface area contributed by atoms with Gasteiger partial charge in [0.1, 0.15) is 17.5 Å². The molecule has 1 aromatic heterocycles. The number of anilines is 2. The van der Waals surface area contributed by atoms with Crippen molar-refractivity contribution in [2.24, 2.45) is 5.84 Å². The fourth-order valence-electron chi connectivity index (χ4n) is 2.48. The summed E-state index contributed by atoms with van der Waals surface area (Å²) in [4.78, 5) is 13.5. The van der Waals surface area contributed by atoms with Crippen LogP contribution in [0.25, 0.3) is 0 Å². The average molecular weight is 279 g/mol. The molecular weight excluding hydrogens is 254 g/mol. The third-order valence-electron chi connectivity index (χ3n) is 3.88. The maximum absolute atomic E-state index is 5.48. The number of hydrogen-bond donors (Lipinski definition) is 3. The first-order valence-corrected chi connectivity index (χ1v) is 6.95. The van der Waals surface area contributed by atoms with E-state index in [-0.39, 0.29) is 0 Å². The lowest BCUT2D eigenvalue weighted by Crippen LogP contribution is -2.52. The number of nitrogens with two attached hydrogens (primary N) is 1. The van der Waals surface area contributed by atoms with Crippen molar-refractivity contribution in [3.05, 3.63) is 11.4 Å². The van der Waals surface area contributed by atoms with Crippen molar-refractivity contribution in [2.45, 2.75) is 19.9 Å². The van der Waals surface area contributed by atoms with Gasteiger partial charge in [0.15, 0.2) is 0 Å². The summed E-state index contributed by atoms with van der Waals surface area (Å²) in [7, 11) is 4.33. The maximum Gasteiger partial charge on any atom is 0.148 e. The Hall–Kier alpha value is -1.44. The SMILES string of the molecule is Cc1nc(NN)c(C)c(NCC2CN(C)CCN2C)n1. The van der Waals surface area contributed by atoms with E-state index in [0.29, 0.717) is 17.7 Å². The Balaban J connectivity index is 2.05. The van der Waals surface area contributed by atoms with Gasteiger partial charge in [0.25, 0.3) is 0 Å². The van der Waals surface area contributed by atoms with Gasteiger partial charge in [0, 0.05) is 37.8 Å². The van der Waals surface area contributed by atoms with Crippen LogP contribution in [0.1, 0.15) is 11.4 Å². The molecule has 0 amide bonds. The van der Waals surface area contributed by atoms with Crippen molar-refractivity contribution >= 4 is 11.6 Å². The summed E-state index contributed by atoms with van der Waals surface area (Å²) >= 11 is 0. The van der Waals surface area contributed by atoms with Crippen molar-refractivity contribution in [1.82, 2.24) is 19.8 Å². The minimum absolute atomic E-state index is 0.484. The van der Waals surface area contributed by atoms with Crippen LogP contribution in [0.3, 0.4) is 0 Å². The van der Waals surface area contributed by atoms with Gasteiger partial charge in [-0.1, -0.05) is 0 Å². The molecule has 0 aromatic carbocycles. The van der Waals surface area contributed by atoms with Crippen molar-refractivity contribution in [1.29, 1.82) is 0 Å². The molecule has 1 aliphatic rings. The molecule has 4 N–H and O–H groups in total. The number of piperazine rings is 1. The molecule has 1 unspecified atom stereocenters. The number of aromatic nitrogens is 2. The summed E-state index contributed by atoms with van der Waals surface area (Å²) in [6.07, 6.45) is 0. The topological polar surface area (TPSA) is 82.3 Å². The second-order valence-corrected chi connectivity index (χ2v) is 5.51. The molecule has 1 atom stereocenters. The van der Waals surface area contributed by atoms with E-state index in [1.807, 2.05) is 13.8 Å². The Labute approximate surface area is 120 Å². The second kappa shape index (κ2) is 6.34. The number of likely N-dealkylation sites (N-methyl/N-ethyl adjacent to an activating group) is 2. The smallest absolute Gasteiger partial charge is 0.148 e. The van der Waals surface area contributed by atoms with E-state index >= 15 is 0 Å². The normalized spacial score (nSPS) is 20.9. The van der Waals surface area contributed by atoms with E-state index in [0.717, 1.165) is 37.6 Å². The van der Waals surface area contributed by atoms with Crippen LogP contribution in [0, 0.1) is 13.8 Å². The van der Waals surface area contributed by atoms with Gasteiger partial charge in [0.2, 0.25) is 0 Å². The fourth-order valence-corrected chi connectivity index (χ4v) is 2.48. The number of aryl methyl sites for hydroxylation is 1. The van der Waals surface area contributed by atoms with Gasteiger partial charge in [-0.15, -0.1) is 0 Å². The molecule has 1 saturated heterocycles. The molecule has 1 fully saturated rings. The van der Waals surface area contributed by atoms with Crippen molar-refractivity contribution in [3.63, 3.8) is 0 Å². The molecule has 7 nitrogen and oxygen atoms in total. The highest BCUT2D eigenvalue weighted by Gasteiger charge is 2.22. The van der Waals surface area contributed by atoms with E-state index in [2.05, 4.69) is 44.6 Å². The first-order valence-electron chi connectivity index (χ1n) is 6.95. The van der Waals surface area contributed by atoms with Crippen LogP contribution in [-0.4, -0.2) is 66.1 Å².